The summed E-state index contributed by atoms with van der Waals surface area (Å²) in [6.45, 7) is 0. The molecule has 0 aliphatic carbocycles. The second-order valence-electron chi connectivity index (χ2n) is 9.38. The molecule has 0 unspecified atom stereocenters. The maximum Gasteiger partial charge on any atom is 0.0979 e. The number of hydrogen-bond donors (Lipinski definition) is 0. The standard InChI is InChI=1S/C34H20N2S/c1-2-10-23(11-3-1)32-34(35-27-19-17-21-9-4-5-13-24(21)33(27)36-32)26-15-8-12-22-18-20-29-31(30(22)26)25-14-6-7-16-28(25)37-29/h1-20H. The zero-order valence-electron chi connectivity index (χ0n) is 19.8. The van der Waals surface area contributed by atoms with Crippen LogP contribution in [-0.2, 0) is 0 Å². The molecule has 0 N–H and O–H groups in total. The molecule has 2 aromatic heterocycles. The van der Waals surface area contributed by atoms with Gasteiger partial charge in [-0.25, -0.2) is 9.97 Å². The fraction of sp³-hybridized carbons (Fsp3) is 0. The van der Waals surface area contributed by atoms with E-state index in [4.69, 9.17) is 9.97 Å². The number of thiophene rings is 1. The SMILES string of the molecule is c1ccc(-c2nc3c(ccc4ccccc43)nc2-c2cccc3ccc4sc5ccccc5c4c23)cc1. The Morgan fingerprint density at radius 3 is 2.14 bits per heavy atom. The summed E-state index contributed by atoms with van der Waals surface area (Å²) in [6, 6.07) is 42.8. The molecule has 0 saturated carbocycles. The van der Waals surface area contributed by atoms with Crippen LogP contribution >= 0.6 is 11.3 Å². The molecule has 0 aliphatic rings. The molecule has 6 aromatic carbocycles. The number of fused-ring (bicyclic) bond motifs is 8. The van der Waals surface area contributed by atoms with Crippen molar-refractivity contribution in [2.45, 2.75) is 0 Å². The fourth-order valence-electron chi connectivity index (χ4n) is 5.57. The van der Waals surface area contributed by atoms with Crippen LogP contribution in [0.15, 0.2) is 121 Å². The van der Waals surface area contributed by atoms with E-state index in [0.717, 1.165) is 38.9 Å². The van der Waals surface area contributed by atoms with Crippen LogP contribution in [0.4, 0.5) is 0 Å². The molecule has 2 nitrogen and oxygen atoms in total. The van der Waals surface area contributed by atoms with Gasteiger partial charge in [0.05, 0.1) is 22.4 Å². The zero-order valence-corrected chi connectivity index (χ0v) is 20.7. The van der Waals surface area contributed by atoms with Crippen molar-refractivity contribution in [2.24, 2.45) is 0 Å². The third-order valence-corrected chi connectivity index (χ3v) is 8.38. The van der Waals surface area contributed by atoms with Crippen molar-refractivity contribution in [3.63, 3.8) is 0 Å². The number of rotatable bonds is 2. The zero-order chi connectivity index (χ0) is 24.3. The number of nitrogens with zero attached hydrogens (tertiary/aromatic N) is 2. The van der Waals surface area contributed by atoms with E-state index in [9.17, 15) is 0 Å². The van der Waals surface area contributed by atoms with Gasteiger partial charge in [-0.15, -0.1) is 11.3 Å². The van der Waals surface area contributed by atoms with Gasteiger partial charge >= 0.3 is 0 Å². The predicted octanol–water partition coefficient (Wildman–Crippen LogP) is 9.64. The summed E-state index contributed by atoms with van der Waals surface area (Å²) in [5, 5.41) is 7.35. The van der Waals surface area contributed by atoms with Crippen LogP contribution in [-0.4, -0.2) is 9.97 Å². The highest BCUT2D eigenvalue weighted by Gasteiger charge is 2.19. The van der Waals surface area contributed by atoms with E-state index in [-0.39, 0.29) is 0 Å². The lowest BCUT2D eigenvalue weighted by Gasteiger charge is -2.14. The minimum absolute atomic E-state index is 0.910. The van der Waals surface area contributed by atoms with Gasteiger partial charge in [0.25, 0.3) is 0 Å². The first-order valence-corrected chi connectivity index (χ1v) is 13.2. The van der Waals surface area contributed by atoms with E-state index in [1.54, 1.807) is 0 Å². The van der Waals surface area contributed by atoms with E-state index in [2.05, 4.69) is 115 Å². The molecule has 2 heterocycles. The molecule has 0 aliphatic heterocycles. The Morgan fingerprint density at radius 1 is 0.459 bits per heavy atom. The van der Waals surface area contributed by atoms with Gasteiger partial charge in [-0.3, -0.25) is 0 Å². The van der Waals surface area contributed by atoms with Crippen molar-refractivity contribution >= 4 is 64.1 Å². The topological polar surface area (TPSA) is 25.8 Å². The summed E-state index contributed by atoms with van der Waals surface area (Å²) in [7, 11) is 0. The Morgan fingerprint density at radius 2 is 1.22 bits per heavy atom. The van der Waals surface area contributed by atoms with Gasteiger partial charge in [-0.1, -0.05) is 103 Å². The lowest BCUT2D eigenvalue weighted by atomic mass is 9.94. The Hall–Kier alpha value is -4.60. The van der Waals surface area contributed by atoms with Crippen LogP contribution < -0.4 is 0 Å². The first-order chi connectivity index (χ1) is 18.3. The quantitative estimate of drug-likeness (QED) is 0.226. The van der Waals surface area contributed by atoms with Crippen LogP contribution in [0.5, 0.6) is 0 Å². The third kappa shape index (κ3) is 3.11. The Bertz CT molecular complexity index is 2140. The third-order valence-electron chi connectivity index (χ3n) is 7.25. The van der Waals surface area contributed by atoms with E-state index in [1.165, 1.54) is 36.3 Å². The van der Waals surface area contributed by atoms with Crippen molar-refractivity contribution in [2.75, 3.05) is 0 Å². The van der Waals surface area contributed by atoms with Gasteiger partial charge < -0.3 is 0 Å². The van der Waals surface area contributed by atoms with Crippen LogP contribution in [0.2, 0.25) is 0 Å². The number of benzene rings is 6. The summed E-state index contributed by atoms with van der Waals surface area (Å²) in [4.78, 5) is 10.7. The second kappa shape index (κ2) is 7.95. The summed E-state index contributed by atoms with van der Waals surface area (Å²) in [5.74, 6) is 0. The molecule has 0 fully saturated rings. The molecule has 0 amide bonds. The molecule has 8 aromatic rings. The summed E-state index contributed by atoms with van der Waals surface area (Å²) in [6.07, 6.45) is 0. The minimum atomic E-state index is 0.910. The normalized spacial score (nSPS) is 11.8. The van der Waals surface area contributed by atoms with Crippen LogP contribution in [0, 0.1) is 0 Å². The number of hydrogen-bond acceptors (Lipinski definition) is 3. The van der Waals surface area contributed by atoms with Gasteiger partial charge in [0, 0.05) is 42.1 Å². The maximum atomic E-state index is 5.33. The lowest BCUT2D eigenvalue weighted by molar-refractivity contribution is 1.30. The Labute approximate surface area is 217 Å². The largest absolute Gasteiger partial charge is 0.244 e. The van der Waals surface area contributed by atoms with Crippen molar-refractivity contribution < 1.29 is 0 Å². The van der Waals surface area contributed by atoms with Crippen LogP contribution in [0.3, 0.4) is 0 Å². The molecule has 3 heteroatoms. The summed E-state index contributed by atoms with van der Waals surface area (Å²) in [5.41, 5.74) is 5.86. The molecule has 0 radical (unpaired) electrons. The molecule has 8 rings (SSSR count). The molecule has 0 spiro atoms. The Balaban J connectivity index is 1.55. The summed E-state index contributed by atoms with van der Waals surface area (Å²) >= 11 is 1.85. The average Bonchev–Trinajstić information content (AvgIpc) is 3.35. The predicted molar refractivity (Wildman–Crippen MR) is 158 cm³/mol. The van der Waals surface area contributed by atoms with E-state index in [1.807, 2.05) is 17.4 Å². The van der Waals surface area contributed by atoms with Gasteiger partial charge in [0.15, 0.2) is 0 Å². The highest BCUT2D eigenvalue weighted by atomic mass is 32.1. The second-order valence-corrected chi connectivity index (χ2v) is 10.5. The molecular weight excluding hydrogens is 468 g/mol. The van der Waals surface area contributed by atoms with Gasteiger partial charge in [-0.2, -0.15) is 0 Å². The maximum absolute atomic E-state index is 5.33. The van der Waals surface area contributed by atoms with Crippen LogP contribution in [0.25, 0.3) is 75.3 Å². The summed E-state index contributed by atoms with van der Waals surface area (Å²) < 4.78 is 2.60. The van der Waals surface area contributed by atoms with Crippen molar-refractivity contribution in [1.82, 2.24) is 9.97 Å². The minimum Gasteiger partial charge on any atom is -0.244 e. The number of aromatic nitrogens is 2. The highest BCUT2D eigenvalue weighted by Crippen LogP contribution is 2.43. The highest BCUT2D eigenvalue weighted by molar-refractivity contribution is 7.26. The first kappa shape index (κ1) is 20.6. The molecular formula is C34H20N2S. The molecule has 172 valence electrons. The molecule has 0 atom stereocenters. The van der Waals surface area contributed by atoms with E-state index >= 15 is 0 Å². The van der Waals surface area contributed by atoms with Gasteiger partial charge in [-0.05, 0) is 29.0 Å². The van der Waals surface area contributed by atoms with E-state index in [0.29, 0.717) is 0 Å². The van der Waals surface area contributed by atoms with E-state index < -0.39 is 0 Å². The van der Waals surface area contributed by atoms with Crippen molar-refractivity contribution in [1.29, 1.82) is 0 Å². The Kier molecular flexibility index (Phi) is 4.42. The molecule has 37 heavy (non-hydrogen) atoms. The molecule has 0 bridgehead atoms. The first-order valence-electron chi connectivity index (χ1n) is 12.4. The lowest BCUT2D eigenvalue weighted by Crippen LogP contribution is -1.97. The van der Waals surface area contributed by atoms with Crippen LogP contribution in [0.1, 0.15) is 0 Å². The smallest absolute Gasteiger partial charge is 0.0979 e. The monoisotopic (exact) mass is 488 g/mol. The van der Waals surface area contributed by atoms with Crippen molar-refractivity contribution in [3.8, 4) is 22.5 Å². The van der Waals surface area contributed by atoms with Crippen molar-refractivity contribution in [3.05, 3.63) is 121 Å². The fourth-order valence-corrected chi connectivity index (χ4v) is 6.68. The molecule has 0 saturated heterocycles. The van der Waals surface area contributed by atoms with Gasteiger partial charge in [0.2, 0.25) is 0 Å². The van der Waals surface area contributed by atoms with Gasteiger partial charge in [0.1, 0.15) is 0 Å². The average molecular weight is 489 g/mol.